The average Bonchev–Trinajstić information content (AvgIpc) is 2.82. The lowest BCUT2D eigenvalue weighted by Crippen LogP contribution is -2.35. The first-order valence-electron chi connectivity index (χ1n) is 7.85. The Kier molecular flexibility index (Phi) is 6.65. The zero-order chi connectivity index (χ0) is 13.5. The van der Waals surface area contributed by atoms with Crippen molar-refractivity contribution in [2.45, 2.75) is 44.9 Å². The summed E-state index contributed by atoms with van der Waals surface area (Å²) in [5, 5.41) is 1.03. The topological polar surface area (TPSA) is 23.6 Å². The minimum atomic E-state index is 0.396. The quantitative estimate of drug-likeness (QED) is 0.723. The van der Waals surface area contributed by atoms with Crippen molar-refractivity contribution in [2.24, 2.45) is 5.92 Å². The lowest BCUT2D eigenvalue weighted by atomic mass is 10.0. The van der Waals surface area contributed by atoms with E-state index in [0.29, 0.717) is 5.91 Å². The average molecular weight is 331 g/mol. The maximum atomic E-state index is 12.3. The number of halogens is 1. The predicted octanol–water partition coefficient (Wildman–Crippen LogP) is 2.89. The van der Waals surface area contributed by atoms with Gasteiger partial charge >= 0.3 is 0 Å². The Labute approximate surface area is 125 Å². The van der Waals surface area contributed by atoms with Crippen molar-refractivity contribution in [3.63, 3.8) is 0 Å². The number of nitrogens with zero attached hydrogens (tertiary/aromatic N) is 2. The van der Waals surface area contributed by atoms with Crippen LogP contribution in [0.3, 0.4) is 0 Å². The molecule has 4 heteroatoms. The van der Waals surface area contributed by atoms with E-state index in [-0.39, 0.29) is 0 Å². The van der Waals surface area contributed by atoms with E-state index in [2.05, 4.69) is 25.7 Å². The van der Waals surface area contributed by atoms with E-state index in [9.17, 15) is 4.79 Å². The maximum absolute atomic E-state index is 12.3. The first-order chi connectivity index (χ1) is 9.29. The van der Waals surface area contributed by atoms with Gasteiger partial charge in [-0.3, -0.25) is 4.79 Å². The number of carbonyl (C=O) groups is 1. The van der Waals surface area contributed by atoms with E-state index in [1.165, 1.54) is 25.7 Å². The fourth-order valence-electron chi connectivity index (χ4n) is 3.35. The van der Waals surface area contributed by atoms with Gasteiger partial charge in [0.25, 0.3) is 0 Å². The smallest absolute Gasteiger partial charge is 0.222 e. The van der Waals surface area contributed by atoms with E-state index in [0.717, 1.165) is 63.2 Å². The number of alkyl halides is 1. The van der Waals surface area contributed by atoms with Gasteiger partial charge in [-0.1, -0.05) is 41.6 Å². The lowest BCUT2D eigenvalue weighted by molar-refractivity contribution is -0.131. The molecule has 1 heterocycles. The largest absolute Gasteiger partial charge is 0.341 e. The molecule has 0 aromatic rings. The number of hydrogen-bond donors (Lipinski definition) is 0. The van der Waals surface area contributed by atoms with Gasteiger partial charge in [0.2, 0.25) is 5.91 Å². The predicted molar refractivity (Wildman–Crippen MR) is 82.6 cm³/mol. The van der Waals surface area contributed by atoms with Crippen LogP contribution in [0.25, 0.3) is 0 Å². The van der Waals surface area contributed by atoms with Crippen LogP contribution in [-0.4, -0.2) is 53.8 Å². The third-order valence-corrected chi connectivity index (χ3v) is 4.94. The van der Waals surface area contributed by atoms with Crippen molar-refractivity contribution >= 4 is 21.8 Å². The fraction of sp³-hybridized carbons (Fsp3) is 0.933. The van der Waals surface area contributed by atoms with Gasteiger partial charge in [0.15, 0.2) is 0 Å². The van der Waals surface area contributed by atoms with Crippen LogP contribution in [0.15, 0.2) is 0 Å². The van der Waals surface area contributed by atoms with Crippen LogP contribution in [0, 0.1) is 5.92 Å². The van der Waals surface area contributed by atoms with Gasteiger partial charge in [-0.2, -0.15) is 0 Å². The Morgan fingerprint density at radius 3 is 2.58 bits per heavy atom. The third kappa shape index (κ3) is 5.07. The summed E-state index contributed by atoms with van der Waals surface area (Å²) in [4.78, 5) is 16.8. The number of amides is 1. The van der Waals surface area contributed by atoms with Crippen LogP contribution < -0.4 is 0 Å². The summed E-state index contributed by atoms with van der Waals surface area (Å²) in [5.74, 6) is 1.23. The van der Waals surface area contributed by atoms with Crippen LogP contribution in [-0.2, 0) is 4.79 Å². The zero-order valence-electron chi connectivity index (χ0n) is 12.0. The molecule has 0 unspecified atom stereocenters. The number of carbonyl (C=O) groups excluding carboxylic acids is 1. The van der Waals surface area contributed by atoms with Gasteiger partial charge in [0.05, 0.1) is 0 Å². The van der Waals surface area contributed by atoms with Crippen molar-refractivity contribution < 1.29 is 4.79 Å². The Balaban J connectivity index is 1.69. The van der Waals surface area contributed by atoms with E-state index in [4.69, 9.17) is 0 Å². The van der Waals surface area contributed by atoms with Crippen LogP contribution in [0.4, 0.5) is 0 Å². The molecule has 3 nitrogen and oxygen atoms in total. The second-order valence-corrected chi connectivity index (χ2v) is 6.75. The highest BCUT2D eigenvalue weighted by atomic mass is 79.9. The van der Waals surface area contributed by atoms with Gasteiger partial charge in [-0.15, -0.1) is 0 Å². The molecule has 0 aromatic heterocycles. The second kappa shape index (κ2) is 8.25. The Bertz CT molecular complexity index is 279. The molecule has 110 valence electrons. The number of hydrogen-bond acceptors (Lipinski definition) is 2. The minimum absolute atomic E-state index is 0.396. The molecule has 0 atom stereocenters. The van der Waals surface area contributed by atoms with Gasteiger partial charge in [0.1, 0.15) is 0 Å². The number of rotatable bonds is 5. The second-order valence-electron chi connectivity index (χ2n) is 5.95. The Morgan fingerprint density at radius 2 is 1.84 bits per heavy atom. The van der Waals surface area contributed by atoms with E-state index >= 15 is 0 Å². The van der Waals surface area contributed by atoms with Crippen molar-refractivity contribution in [2.75, 3.05) is 38.1 Å². The summed E-state index contributed by atoms with van der Waals surface area (Å²) in [6.07, 6.45) is 8.50. The summed E-state index contributed by atoms with van der Waals surface area (Å²) in [6.45, 7) is 5.17. The van der Waals surface area contributed by atoms with Gasteiger partial charge in [-0.05, 0) is 25.3 Å². The Morgan fingerprint density at radius 1 is 1.05 bits per heavy atom. The monoisotopic (exact) mass is 330 g/mol. The lowest BCUT2D eigenvalue weighted by Gasteiger charge is -2.22. The Hall–Kier alpha value is -0.0900. The molecule has 1 aliphatic heterocycles. The van der Waals surface area contributed by atoms with E-state index in [1.54, 1.807) is 0 Å². The SMILES string of the molecule is O=C(CCC1CCCC1)N1CCCN(CCBr)CC1. The molecule has 0 bridgehead atoms. The molecule has 0 aromatic carbocycles. The van der Waals surface area contributed by atoms with Gasteiger partial charge < -0.3 is 9.80 Å². The summed E-state index contributed by atoms with van der Waals surface area (Å²) in [7, 11) is 0. The molecule has 1 saturated heterocycles. The molecule has 0 radical (unpaired) electrons. The third-order valence-electron chi connectivity index (χ3n) is 4.58. The molecule has 2 rings (SSSR count). The summed E-state index contributed by atoms with van der Waals surface area (Å²) < 4.78 is 0. The fourth-order valence-corrected chi connectivity index (χ4v) is 3.85. The first kappa shape index (κ1) is 15.3. The molecule has 2 fully saturated rings. The molecular formula is C15H27BrN2O. The highest BCUT2D eigenvalue weighted by Crippen LogP contribution is 2.28. The molecule has 1 amide bonds. The van der Waals surface area contributed by atoms with Crippen LogP contribution in [0.2, 0.25) is 0 Å². The molecule has 2 aliphatic rings. The zero-order valence-corrected chi connectivity index (χ0v) is 13.5. The van der Waals surface area contributed by atoms with E-state index < -0.39 is 0 Å². The normalized spacial score (nSPS) is 22.7. The molecule has 19 heavy (non-hydrogen) atoms. The highest BCUT2D eigenvalue weighted by Gasteiger charge is 2.21. The molecule has 0 spiro atoms. The van der Waals surface area contributed by atoms with Crippen molar-refractivity contribution in [1.29, 1.82) is 0 Å². The van der Waals surface area contributed by atoms with Crippen molar-refractivity contribution in [3.05, 3.63) is 0 Å². The van der Waals surface area contributed by atoms with Gasteiger partial charge in [0, 0.05) is 37.9 Å². The molecule has 1 saturated carbocycles. The summed E-state index contributed by atoms with van der Waals surface area (Å²) in [5.41, 5.74) is 0. The molecular weight excluding hydrogens is 304 g/mol. The summed E-state index contributed by atoms with van der Waals surface area (Å²) in [6, 6.07) is 0. The molecule has 0 N–H and O–H groups in total. The van der Waals surface area contributed by atoms with E-state index in [1.807, 2.05) is 0 Å². The van der Waals surface area contributed by atoms with Crippen LogP contribution in [0.1, 0.15) is 44.9 Å². The van der Waals surface area contributed by atoms with Crippen LogP contribution >= 0.6 is 15.9 Å². The molecule has 1 aliphatic carbocycles. The standard InChI is InChI=1S/C15H27BrN2O/c16-8-11-17-9-3-10-18(13-12-17)15(19)7-6-14-4-1-2-5-14/h14H,1-13H2. The summed E-state index contributed by atoms with van der Waals surface area (Å²) >= 11 is 3.49. The maximum Gasteiger partial charge on any atom is 0.222 e. The van der Waals surface area contributed by atoms with Crippen molar-refractivity contribution in [3.8, 4) is 0 Å². The minimum Gasteiger partial charge on any atom is -0.341 e. The first-order valence-corrected chi connectivity index (χ1v) is 8.98. The van der Waals surface area contributed by atoms with Crippen molar-refractivity contribution in [1.82, 2.24) is 9.80 Å². The van der Waals surface area contributed by atoms with Gasteiger partial charge in [-0.25, -0.2) is 0 Å². The highest BCUT2D eigenvalue weighted by molar-refractivity contribution is 9.09. The van der Waals surface area contributed by atoms with Crippen LogP contribution in [0.5, 0.6) is 0 Å².